The van der Waals surface area contributed by atoms with Gasteiger partial charge in [0.1, 0.15) is 13.2 Å². The minimum atomic E-state index is -0.384. The first kappa shape index (κ1) is 15.7. The quantitative estimate of drug-likeness (QED) is 0.853. The van der Waals surface area contributed by atoms with Crippen LogP contribution in [0.15, 0.2) is 24.3 Å². The van der Waals surface area contributed by atoms with Crippen LogP contribution >= 0.6 is 0 Å². The van der Waals surface area contributed by atoms with Gasteiger partial charge >= 0.3 is 0 Å². The van der Waals surface area contributed by atoms with Gasteiger partial charge in [0.05, 0.1) is 0 Å². The van der Waals surface area contributed by atoms with E-state index < -0.39 is 0 Å². The summed E-state index contributed by atoms with van der Waals surface area (Å²) in [5.74, 6) is -0.652. The number of morpholine rings is 1. The van der Waals surface area contributed by atoms with Gasteiger partial charge in [-0.05, 0) is 16.5 Å². The van der Waals surface area contributed by atoms with Crippen LogP contribution in [0.1, 0.15) is 37.9 Å². The van der Waals surface area contributed by atoms with Crippen LogP contribution < -0.4 is 5.73 Å². The van der Waals surface area contributed by atoms with Crippen LogP contribution in [0.25, 0.3) is 0 Å². The summed E-state index contributed by atoms with van der Waals surface area (Å²) in [6, 6.07) is 7.61. The zero-order valence-corrected chi connectivity index (χ0v) is 12.8. The molecule has 1 aliphatic heterocycles. The van der Waals surface area contributed by atoms with Gasteiger partial charge in [-0.1, -0.05) is 45.0 Å². The maximum Gasteiger partial charge on any atom is 0.255 e. The highest BCUT2D eigenvalue weighted by Gasteiger charge is 2.28. The number of nitrogens with zero attached hydrogens (tertiary/aromatic N) is 1. The second-order valence-corrected chi connectivity index (χ2v) is 6.37. The Morgan fingerprint density at radius 2 is 1.67 bits per heavy atom. The zero-order chi connectivity index (χ0) is 15.6. The van der Waals surface area contributed by atoms with E-state index in [1.807, 2.05) is 24.3 Å². The lowest BCUT2D eigenvalue weighted by molar-refractivity contribution is -0.158. The molecule has 1 fully saturated rings. The van der Waals surface area contributed by atoms with Gasteiger partial charge < -0.3 is 10.5 Å². The van der Waals surface area contributed by atoms with Crippen LogP contribution in [0, 0.1) is 0 Å². The molecule has 1 aromatic rings. The summed E-state index contributed by atoms with van der Waals surface area (Å²) in [4.78, 5) is 24.5. The summed E-state index contributed by atoms with van der Waals surface area (Å²) < 4.78 is 4.88. The molecule has 5 heteroatoms. The summed E-state index contributed by atoms with van der Waals surface area (Å²) in [6.07, 6.45) is 0. The first-order valence-electron chi connectivity index (χ1n) is 7.06. The Kier molecular flexibility index (Phi) is 4.44. The van der Waals surface area contributed by atoms with Crippen molar-refractivity contribution in [1.29, 1.82) is 0 Å². The van der Waals surface area contributed by atoms with E-state index in [0.29, 0.717) is 0 Å². The highest BCUT2D eigenvalue weighted by Crippen LogP contribution is 2.23. The number of hydrogen-bond donors (Lipinski definition) is 1. The molecule has 1 unspecified atom stereocenters. The number of benzene rings is 1. The number of carbonyl (C=O) groups excluding carboxylic acids is 2. The fourth-order valence-electron chi connectivity index (χ4n) is 2.26. The fourth-order valence-corrected chi connectivity index (χ4v) is 2.26. The molecule has 1 aromatic carbocycles. The standard InChI is InChI=1S/C16H22N2O3/c1-16(2,3)12-6-4-11(5-7-12)13(17)8-18-14(19)9-21-10-15(18)20/h4-7,13H,8-10,17H2,1-3H3. The molecule has 0 aliphatic carbocycles. The molecule has 1 saturated heterocycles. The first-order valence-corrected chi connectivity index (χ1v) is 7.06. The van der Waals surface area contributed by atoms with Crippen molar-refractivity contribution in [2.75, 3.05) is 19.8 Å². The molecule has 114 valence electrons. The normalized spacial score (nSPS) is 18.0. The predicted octanol–water partition coefficient (Wildman–Crippen LogP) is 1.37. The summed E-state index contributed by atoms with van der Waals surface area (Å²) in [5, 5.41) is 0. The van der Waals surface area contributed by atoms with Crippen LogP contribution in [-0.4, -0.2) is 36.5 Å². The summed E-state index contributed by atoms with van der Waals surface area (Å²) in [5.41, 5.74) is 8.34. The highest BCUT2D eigenvalue weighted by atomic mass is 16.5. The van der Waals surface area contributed by atoms with E-state index in [1.54, 1.807) is 0 Å². The smallest absolute Gasteiger partial charge is 0.255 e. The molecule has 1 aliphatic rings. The van der Waals surface area contributed by atoms with Gasteiger partial charge in [-0.25, -0.2) is 0 Å². The van der Waals surface area contributed by atoms with E-state index in [9.17, 15) is 9.59 Å². The monoisotopic (exact) mass is 290 g/mol. The summed E-state index contributed by atoms with van der Waals surface area (Å²) in [7, 11) is 0. The van der Waals surface area contributed by atoms with Crippen LogP contribution in [0.2, 0.25) is 0 Å². The highest BCUT2D eigenvalue weighted by molar-refractivity contribution is 5.98. The number of carbonyl (C=O) groups is 2. The second-order valence-electron chi connectivity index (χ2n) is 6.37. The van der Waals surface area contributed by atoms with Crippen LogP contribution in [-0.2, 0) is 19.7 Å². The fraction of sp³-hybridized carbons (Fsp3) is 0.500. The van der Waals surface area contributed by atoms with Gasteiger partial charge in [-0.3, -0.25) is 14.5 Å². The van der Waals surface area contributed by atoms with Crippen molar-refractivity contribution in [1.82, 2.24) is 4.90 Å². The van der Waals surface area contributed by atoms with E-state index in [1.165, 1.54) is 10.5 Å². The Hall–Kier alpha value is -1.72. The zero-order valence-electron chi connectivity index (χ0n) is 12.8. The largest absolute Gasteiger partial charge is 0.362 e. The SMILES string of the molecule is CC(C)(C)c1ccc(C(N)CN2C(=O)COCC2=O)cc1. The predicted molar refractivity (Wildman–Crippen MR) is 79.6 cm³/mol. The lowest BCUT2D eigenvalue weighted by Crippen LogP contribution is -2.48. The Bertz CT molecular complexity index is 515. The Labute approximate surface area is 125 Å². The molecule has 1 atom stereocenters. The van der Waals surface area contributed by atoms with Crippen molar-refractivity contribution in [2.45, 2.75) is 32.2 Å². The third kappa shape index (κ3) is 3.68. The molecule has 2 rings (SSSR count). The van der Waals surface area contributed by atoms with Crippen LogP contribution in [0.4, 0.5) is 0 Å². The average molecular weight is 290 g/mol. The number of ether oxygens (including phenoxy) is 1. The molecule has 21 heavy (non-hydrogen) atoms. The second kappa shape index (κ2) is 5.95. The molecule has 2 N–H and O–H groups in total. The van der Waals surface area contributed by atoms with Gasteiger partial charge in [0.15, 0.2) is 0 Å². The number of amides is 2. The summed E-state index contributed by atoms with van der Waals surface area (Å²) >= 11 is 0. The van der Waals surface area contributed by atoms with E-state index in [2.05, 4.69) is 20.8 Å². The Morgan fingerprint density at radius 1 is 1.14 bits per heavy atom. The molecule has 5 nitrogen and oxygen atoms in total. The number of imide groups is 1. The summed E-state index contributed by atoms with van der Waals surface area (Å²) in [6.45, 7) is 6.52. The van der Waals surface area contributed by atoms with Crippen molar-refractivity contribution < 1.29 is 14.3 Å². The van der Waals surface area contributed by atoms with Crippen molar-refractivity contribution in [3.05, 3.63) is 35.4 Å². The number of rotatable bonds is 3. The molecule has 2 amide bonds. The van der Waals surface area contributed by atoms with Crippen molar-refractivity contribution in [2.24, 2.45) is 5.73 Å². The van der Waals surface area contributed by atoms with Crippen molar-refractivity contribution in [3.8, 4) is 0 Å². The van der Waals surface area contributed by atoms with E-state index >= 15 is 0 Å². The van der Waals surface area contributed by atoms with Crippen LogP contribution in [0.3, 0.4) is 0 Å². The lowest BCUT2D eigenvalue weighted by Gasteiger charge is -2.28. The molecule has 0 radical (unpaired) electrons. The third-order valence-corrected chi connectivity index (χ3v) is 3.64. The van der Waals surface area contributed by atoms with E-state index in [4.69, 9.17) is 10.5 Å². The van der Waals surface area contributed by atoms with Gasteiger partial charge in [0.2, 0.25) is 0 Å². The molecule has 0 aromatic heterocycles. The Morgan fingerprint density at radius 3 is 2.14 bits per heavy atom. The Balaban J connectivity index is 2.08. The van der Waals surface area contributed by atoms with Gasteiger partial charge in [0, 0.05) is 12.6 Å². The topological polar surface area (TPSA) is 72.6 Å². The molecule has 0 spiro atoms. The molecular formula is C16H22N2O3. The molecule has 0 bridgehead atoms. The average Bonchev–Trinajstić information content (AvgIpc) is 2.42. The molecular weight excluding hydrogens is 268 g/mol. The number of hydrogen-bond acceptors (Lipinski definition) is 4. The van der Waals surface area contributed by atoms with Gasteiger partial charge in [-0.2, -0.15) is 0 Å². The number of nitrogens with two attached hydrogens (primary N) is 1. The molecule has 1 heterocycles. The van der Waals surface area contributed by atoms with Crippen molar-refractivity contribution in [3.63, 3.8) is 0 Å². The van der Waals surface area contributed by atoms with E-state index in [-0.39, 0.29) is 43.0 Å². The maximum atomic E-state index is 11.7. The van der Waals surface area contributed by atoms with Crippen molar-refractivity contribution >= 4 is 11.8 Å². The minimum Gasteiger partial charge on any atom is -0.362 e. The lowest BCUT2D eigenvalue weighted by atomic mass is 9.86. The van der Waals surface area contributed by atoms with Gasteiger partial charge in [0.25, 0.3) is 11.8 Å². The maximum absolute atomic E-state index is 11.7. The van der Waals surface area contributed by atoms with Crippen LogP contribution in [0.5, 0.6) is 0 Å². The minimum absolute atomic E-state index is 0.0541. The molecule has 0 saturated carbocycles. The first-order chi connectivity index (χ1) is 9.79. The van der Waals surface area contributed by atoms with E-state index in [0.717, 1.165) is 5.56 Å². The van der Waals surface area contributed by atoms with Gasteiger partial charge in [-0.15, -0.1) is 0 Å². The third-order valence-electron chi connectivity index (χ3n) is 3.64.